The lowest BCUT2D eigenvalue weighted by atomic mass is 10.0. The smallest absolute Gasteiger partial charge is 0.345 e. The maximum atomic E-state index is 12.2. The molecule has 6 nitrogen and oxygen atoms in total. The van der Waals surface area contributed by atoms with Crippen molar-refractivity contribution >= 4 is 17.4 Å². The van der Waals surface area contributed by atoms with Crippen LogP contribution in [-0.4, -0.2) is 22.8 Å². The standard InChI is InChI=1S/C17H19NO5/c19-13-7-1-3-9-14(10-4-2-8-13)23-17(20)15-11-5-6-12-16(15)18(21)22/h1,5-7,11-12,14H,2-4,8-10H2. The maximum absolute atomic E-state index is 12.2. The average Bonchev–Trinajstić information content (AvgIpc) is 2.55. The molecule has 0 aromatic heterocycles. The van der Waals surface area contributed by atoms with E-state index in [1.165, 1.54) is 18.2 Å². The van der Waals surface area contributed by atoms with E-state index in [4.69, 9.17) is 4.74 Å². The molecule has 0 heterocycles. The van der Waals surface area contributed by atoms with Crippen LogP contribution in [0.1, 0.15) is 48.9 Å². The summed E-state index contributed by atoms with van der Waals surface area (Å²) in [5, 5.41) is 11.0. The number of ketones is 1. The number of hydrogen-bond donors (Lipinski definition) is 0. The summed E-state index contributed by atoms with van der Waals surface area (Å²) in [6, 6.07) is 5.78. The molecule has 1 aliphatic carbocycles. The minimum atomic E-state index is -0.667. The Morgan fingerprint density at radius 2 is 2.00 bits per heavy atom. The third-order valence-electron chi connectivity index (χ3n) is 3.75. The molecule has 1 aliphatic rings. The first-order chi connectivity index (χ1) is 11.1. The number of esters is 1. The number of nitrogens with zero attached hydrogens (tertiary/aromatic N) is 1. The third-order valence-corrected chi connectivity index (χ3v) is 3.75. The Morgan fingerprint density at radius 1 is 1.22 bits per heavy atom. The molecule has 6 heteroatoms. The monoisotopic (exact) mass is 317 g/mol. The Hall–Kier alpha value is -2.50. The number of carbonyl (C=O) groups excluding carboxylic acids is 2. The highest BCUT2D eigenvalue weighted by Gasteiger charge is 2.23. The van der Waals surface area contributed by atoms with Crippen LogP contribution >= 0.6 is 0 Å². The minimum absolute atomic E-state index is 0.0275. The number of nitro benzene ring substituents is 1. The van der Waals surface area contributed by atoms with Crippen LogP contribution in [0.25, 0.3) is 0 Å². The Labute approximate surface area is 134 Å². The molecule has 0 saturated carbocycles. The van der Waals surface area contributed by atoms with Crippen LogP contribution in [0.2, 0.25) is 0 Å². The van der Waals surface area contributed by atoms with Crippen molar-refractivity contribution in [1.29, 1.82) is 0 Å². The Balaban J connectivity index is 2.05. The second kappa shape index (κ2) is 8.22. The molecular weight excluding hydrogens is 298 g/mol. The number of rotatable bonds is 3. The number of nitro groups is 1. The van der Waals surface area contributed by atoms with E-state index in [0.29, 0.717) is 25.7 Å². The second-order valence-electron chi connectivity index (χ2n) is 5.49. The molecule has 0 saturated heterocycles. The van der Waals surface area contributed by atoms with Crippen LogP contribution in [0.4, 0.5) is 5.69 Å². The Morgan fingerprint density at radius 3 is 2.78 bits per heavy atom. The van der Waals surface area contributed by atoms with Gasteiger partial charge in [-0.1, -0.05) is 18.2 Å². The van der Waals surface area contributed by atoms with Gasteiger partial charge in [0.2, 0.25) is 0 Å². The van der Waals surface area contributed by atoms with Crippen molar-refractivity contribution in [3.8, 4) is 0 Å². The number of benzene rings is 1. The van der Waals surface area contributed by atoms with Gasteiger partial charge in [0.15, 0.2) is 5.78 Å². The number of allylic oxidation sites excluding steroid dienone is 2. The van der Waals surface area contributed by atoms with Crippen LogP contribution in [-0.2, 0) is 9.53 Å². The lowest BCUT2D eigenvalue weighted by Crippen LogP contribution is -2.19. The van der Waals surface area contributed by atoms with E-state index in [1.54, 1.807) is 18.2 Å². The molecule has 0 spiro atoms. The van der Waals surface area contributed by atoms with E-state index in [9.17, 15) is 19.7 Å². The molecular formula is C17H19NO5. The first kappa shape index (κ1) is 16.9. The van der Waals surface area contributed by atoms with Gasteiger partial charge < -0.3 is 4.74 Å². The first-order valence-electron chi connectivity index (χ1n) is 7.71. The molecule has 1 aromatic carbocycles. The summed E-state index contributed by atoms with van der Waals surface area (Å²) >= 11 is 0. The van der Waals surface area contributed by atoms with E-state index in [0.717, 1.165) is 12.8 Å². The topological polar surface area (TPSA) is 86.5 Å². The summed E-state index contributed by atoms with van der Waals surface area (Å²) in [6.07, 6.45) is 7.02. The van der Waals surface area contributed by atoms with E-state index in [-0.39, 0.29) is 23.1 Å². The number of hydrogen-bond acceptors (Lipinski definition) is 5. The van der Waals surface area contributed by atoms with E-state index >= 15 is 0 Å². The fraction of sp³-hybridized carbons (Fsp3) is 0.412. The van der Waals surface area contributed by atoms with Crippen molar-refractivity contribution in [2.75, 3.05) is 0 Å². The Bertz CT molecular complexity index is 623. The van der Waals surface area contributed by atoms with Gasteiger partial charge in [-0.05, 0) is 44.2 Å². The third kappa shape index (κ3) is 5.02. The van der Waals surface area contributed by atoms with Crippen molar-refractivity contribution in [3.05, 3.63) is 52.1 Å². The largest absolute Gasteiger partial charge is 0.459 e. The minimum Gasteiger partial charge on any atom is -0.459 e. The van der Waals surface area contributed by atoms with Gasteiger partial charge in [0, 0.05) is 12.5 Å². The molecule has 23 heavy (non-hydrogen) atoms. The molecule has 0 aliphatic heterocycles. The first-order valence-corrected chi connectivity index (χ1v) is 7.71. The van der Waals surface area contributed by atoms with Crippen molar-refractivity contribution < 1.29 is 19.2 Å². The lowest BCUT2D eigenvalue weighted by molar-refractivity contribution is -0.385. The molecule has 1 aromatic rings. The molecule has 0 amide bonds. The fourth-order valence-corrected chi connectivity index (χ4v) is 2.53. The van der Waals surface area contributed by atoms with Crippen molar-refractivity contribution in [2.45, 2.75) is 44.6 Å². The van der Waals surface area contributed by atoms with Crippen LogP contribution in [0.3, 0.4) is 0 Å². The number of para-hydroxylation sites is 1. The molecule has 0 radical (unpaired) electrons. The summed E-state index contributed by atoms with van der Waals surface area (Å²) < 4.78 is 5.46. The van der Waals surface area contributed by atoms with Gasteiger partial charge >= 0.3 is 5.97 Å². The van der Waals surface area contributed by atoms with Crippen LogP contribution in [0, 0.1) is 10.1 Å². The molecule has 0 N–H and O–H groups in total. The van der Waals surface area contributed by atoms with Gasteiger partial charge in [-0.2, -0.15) is 0 Å². The molecule has 122 valence electrons. The molecule has 1 atom stereocenters. The molecule has 0 bridgehead atoms. The highest BCUT2D eigenvalue weighted by molar-refractivity contribution is 5.94. The van der Waals surface area contributed by atoms with E-state index in [1.807, 2.05) is 0 Å². The second-order valence-corrected chi connectivity index (χ2v) is 5.49. The zero-order chi connectivity index (χ0) is 16.7. The van der Waals surface area contributed by atoms with Gasteiger partial charge in [-0.15, -0.1) is 0 Å². The van der Waals surface area contributed by atoms with Gasteiger partial charge in [-0.3, -0.25) is 14.9 Å². The summed E-state index contributed by atoms with van der Waals surface area (Å²) in [5.74, 6) is -0.542. The predicted octanol–water partition coefficient (Wildman–Crippen LogP) is 3.60. The Kier molecular flexibility index (Phi) is 6.02. The number of carbonyl (C=O) groups is 2. The zero-order valence-electron chi connectivity index (χ0n) is 12.8. The zero-order valence-corrected chi connectivity index (χ0v) is 12.8. The maximum Gasteiger partial charge on any atom is 0.345 e. The lowest BCUT2D eigenvalue weighted by Gasteiger charge is -2.18. The summed E-state index contributed by atoms with van der Waals surface area (Å²) in [7, 11) is 0. The quantitative estimate of drug-likeness (QED) is 0.483. The summed E-state index contributed by atoms with van der Waals surface area (Å²) in [5.41, 5.74) is -0.275. The van der Waals surface area contributed by atoms with Gasteiger partial charge in [0.25, 0.3) is 5.69 Å². The van der Waals surface area contributed by atoms with Gasteiger partial charge in [-0.25, -0.2) is 4.79 Å². The number of ether oxygens (including phenoxy) is 1. The highest BCUT2D eigenvalue weighted by atomic mass is 16.6. The fourth-order valence-electron chi connectivity index (χ4n) is 2.53. The van der Waals surface area contributed by atoms with E-state index < -0.39 is 10.9 Å². The van der Waals surface area contributed by atoms with Gasteiger partial charge in [0.1, 0.15) is 11.7 Å². The van der Waals surface area contributed by atoms with Crippen LogP contribution in [0.5, 0.6) is 0 Å². The predicted molar refractivity (Wildman–Crippen MR) is 84.1 cm³/mol. The van der Waals surface area contributed by atoms with Crippen molar-refractivity contribution in [3.63, 3.8) is 0 Å². The SMILES string of the molecule is O=C1C=CCCC(OC(=O)c2ccccc2[N+](=O)[O-])CCCC1. The van der Waals surface area contributed by atoms with Crippen LogP contribution < -0.4 is 0 Å². The summed E-state index contributed by atoms with van der Waals surface area (Å²) in [4.78, 5) is 34.1. The van der Waals surface area contributed by atoms with Crippen LogP contribution in [0.15, 0.2) is 36.4 Å². The normalized spacial score (nSPS) is 19.1. The molecule has 0 fully saturated rings. The highest BCUT2D eigenvalue weighted by Crippen LogP contribution is 2.22. The van der Waals surface area contributed by atoms with Crippen molar-refractivity contribution in [2.24, 2.45) is 0 Å². The summed E-state index contributed by atoms with van der Waals surface area (Å²) in [6.45, 7) is 0. The van der Waals surface area contributed by atoms with Crippen molar-refractivity contribution in [1.82, 2.24) is 0 Å². The molecule has 2 rings (SSSR count). The van der Waals surface area contributed by atoms with Gasteiger partial charge in [0.05, 0.1) is 4.92 Å². The average molecular weight is 317 g/mol. The molecule has 1 unspecified atom stereocenters. The van der Waals surface area contributed by atoms with E-state index in [2.05, 4.69) is 0 Å².